The highest BCUT2D eigenvalue weighted by Crippen LogP contribution is 2.20. The Morgan fingerprint density at radius 3 is 2.08 bits per heavy atom. The van der Waals surface area contributed by atoms with Crippen LogP contribution in [0.4, 0.5) is 18.9 Å². The lowest BCUT2D eigenvalue weighted by Crippen LogP contribution is -2.55. The Labute approximate surface area is 145 Å². The number of nitrogens with zero attached hydrogens (tertiary/aromatic N) is 1. The second-order valence-corrected chi connectivity index (χ2v) is 6.47. The van der Waals surface area contributed by atoms with Crippen LogP contribution in [-0.4, -0.2) is 64.7 Å². The molecule has 0 saturated carbocycles. The maximum absolute atomic E-state index is 13.4. The third-order valence-corrected chi connectivity index (χ3v) is 4.39. The van der Waals surface area contributed by atoms with Gasteiger partial charge in [0.05, 0.1) is 12.2 Å². The lowest BCUT2D eigenvalue weighted by molar-refractivity contribution is -0.109. The number of nitrogens with one attached hydrogen (secondary N) is 1. The summed E-state index contributed by atoms with van der Waals surface area (Å²) >= 11 is 0. The summed E-state index contributed by atoms with van der Waals surface area (Å²) in [5, 5.41) is 31.4. The Bertz CT molecular complexity index is 527. The number of halogens is 3. The number of hydrogen-bond acceptors (Lipinski definition) is 5. The molecule has 1 fully saturated rings. The fraction of sp³-hybridized carbons (Fsp3) is 0.647. The van der Waals surface area contributed by atoms with E-state index in [0.29, 0.717) is 44.7 Å². The molecule has 0 spiro atoms. The van der Waals surface area contributed by atoms with Gasteiger partial charge in [0.15, 0.2) is 11.6 Å². The van der Waals surface area contributed by atoms with Crippen molar-refractivity contribution in [3.63, 3.8) is 0 Å². The number of piperidine rings is 1. The number of aliphatic hydroxyl groups is 3. The van der Waals surface area contributed by atoms with Crippen molar-refractivity contribution in [2.24, 2.45) is 0 Å². The highest BCUT2D eigenvalue weighted by molar-refractivity contribution is 5.46. The first-order valence-electron chi connectivity index (χ1n) is 8.53. The highest BCUT2D eigenvalue weighted by atomic mass is 19.1. The summed E-state index contributed by atoms with van der Waals surface area (Å²) in [6.07, 6.45) is 0.339. The summed E-state index contributed by atoms with van der Waals surface area (Å²) in [5.41, 5.74) is -0.309. The Morgan fingerprint density at radius 2 is 1.48 bits per heavy atom. The van der Waals surface area contributed by atoms with Crippen molar-refractivity contribution in [3.8, 4) is 0 Å². The quantitative estimate of drug-likeness (QED) is 0.527. The Kier molecular flexibility index (Phi) is 7.49. The topological polar surface area (TPSA) is 76.0 Å². The molecule has 1 saturated heterocycles. The van der Waals surface area contributed by atoms with Crippen LogP contribution in [0.3, 0.4) is 0 Å². The van der Waals surface area contributed by atoms with E-state index in [4.69, 9.17) is 0 Å². The zero-order valence-corrected chi connectivity index (χ0v) is 14.0. The number of unbranched alkanes of at least 4 members (excludes halogenated alkanes) is 3. The van der Waals surface area contributed by atoms with Crippen molar-refractivity contribution in [2.75, 3.05) is 31.5 Å². The van der Waals surface area contributed by atoms with E-state index in [1.54, 1.807) is 0 Å². The van der Waals surface area contributed by atoms with Gasteiger partial charge >= 0.3 is 0 Å². The van der Waals surface area contributed by atoms with Crippen LogP contribution in [0.5, 0.6) is 0 Å². The van der Waals surface area contributed by atoms with E-state index in [2.05, 4.69) is 5.32 Å². The van der Waals surface area contributed by atoms with Gasteiger partial charge in [-0.05, 0) is 19.4 Å². The van der Waals surface area contributed by atoms with E-state index >= 15 is 0 Å². The largest absolute Gasteiger partial charge is 0.389 e. The van der Waals surface area contributed by atoms with Crippen molar-refractivity contribution in [3.05, 3.63) is 29.6 Å². The Hall–Kier alpha value is -1.35. The number of benzene rings is 1. The molecular weight excluding hydrogens is 337 g/mol. The molecule has 1 aliphatic heterocycles. The minimum Gasteiger partial charge on any atom is -0.389 e. The van der Waals surface area contributed by atoms with Gasteiger partial charge in [-0.25, -0.2) is 13.2 Å². The fourth-order valence-corrected chi connectivity index (χ4v) is 3.00. The van der Waals surface area contributed by atoms with E-state index in [-0.39, 0.29) is 5.69 Å². The van der Waals surface area contributed by atoms with Gasteiger partial charge in [0.1, 0.15) is 17.6 Å². The molecule has 1 aromatic carbocycles. The molecule has 0 radical (unpaired) electrons. The van der Waals surface area contributed by atoms with Gasteiger partial charge < -0.3 is 20.6 Å². The lowest BCUT2D eigenvalue weighted by Gasteiger charge is -2.36. The zero-order chi connectivity index (χ0) is 18.4. The fourth-order valence-electron chi connectivity index (χ4n) is 3.00. The Morgan fingerprint density at radius 1 is 0.920 bits per heavy atom. The number of hydrogen-bond donors (Lipinski definition) is 4. The molecule has 0 aliphatic carbocycles. The van der Waals surface area contributed by atoms with Crippen LogP contribution in [-0.2, 0) is 0 Å². The molecule has 5 nitrogen and oxygen atoms in total. The number of β-amino-alcohol motifs (C(OH)–C–C–N with tert-alkyl or cyclic N) is 2. The van der Waals surface area contributed by atoms with Crippen molar-refractivity contribution in [1.29, 1.82) is 0 Å². The van der Waals surface area contributed by atoms with Crippen molar-refractivity contribution in [1.82, 2.24) is 4.90 Å². The summed E-state index contributed by atoms with van der Waals surface area (Å²) in [6.45, 7) is 1.76. The Balaban J connectivity index is 1.58. The van der Waals surface area contributed by atoms with Gasteiger partial charge in [0, 0.05) is 31.8 Å². The van der Waals surface area contributed by atoms with Crippen molar-refractivity contribution in [2.45, 2.75) is 44.0 Å². The number of likely N-dealkylation sites (tertiary alicyclic amines) is 1. The monoisotopic (exact) mass is 362 g/mol. The van der Waals surface area contributed by atoms with Crippen molar-refractivity contribution >= 4 is 5.69 Å². The molecule has 1 aromatic rings. The van der Waals surface area contributed by atoms with Gasteiger partial charge in [-0.3, -0.25) is 4.90 Å². The van der Waals surface area contributed by atoms with Gasteiger partial charge in [0.2, 0.25) is 0 Å². The molecule has 2 atom stereocenters. The summed E-state index contributed by atoms with van der Waals surface area (Å²) in [5.74, 6) is -2.83. The summed E-state index contributed by atoms with van der Waals surface area (Å²) in [4.78, 5) is 1.91. The molecule has 4 N–H and O–H groups in total. The van der Waals surface area contributed by atoms with E-state index < -0.39 is 35.8 Å². The van der Waals surface area contributed by atoms with Crippen LogP contribution in [0, 0.1) is 17.5 Å². The SMILES string of the molecule is OC1CN(CCCCCCNc2c(F)cc(F)cc2F)CC(O)C1O. The molecule has 142 valence electrons. The summed E-state index contributed by atoms with van der Waals surface area (Å²) < 4.78 is 39.7. The molecule has 0 bridgehead atoms. The van der Waals surface area contributed by atoms with E-state index in [1.165, 1.54) is 0 Å². The first-order chi connectivity index (χ1) is 11.9. The minimum atomic E-state index is -1.09. The van der Waals surface area contributed by atoms with Gasteiger partial charge in [-0.1, -0.05) is 12.8 Å². The third kappa shape index (κ3) is 5.85. The first-order valence-corrected chi connectivity index (χ1v) is 8.53. The number of anilines is 1. The predicted octanol–water partition coefficient (Wildman–Crippen LogP) is 1.47. The third-order valence-electron chi connectivity index (χ3n) is 4.39. The number of aliphatic hydroxyl groups excluding tert-OH is 3. The second kappa shape index (κ2) is 9.38. The molecule has 0 aromatic heterocycles. The standard InChI is InChI=1S/C17H25F3N2O3/c18-11-7-12(19)16(13(20)8-11)21-5-3-1-2-4-6-22-9-14(23)17(25)15(24)10-22/h7-8,14-15,17,21,23-25H,1-6,9-10H2. The predicted molar refractivity (Wildman–Crippen MR) is 87.7 cm³/mol. The average Bonchev–Trinajstić information content (AvgIpc) is 2.53. The summed E-state index contributed by atoms with van der Waals surface area (Å²) in [6, 6.07) is 1.29. The molecule has 25 heavy (non-hydrogen) atoms. The molecule has 2 rings (SSSR count). The molecule has 8 heteroatoms. The van der Waals surface area contributed by atoms with E-state index in [1.807, 2.05) is 4.90 Å². The maximum atomic E-state index is 13.4. The molecule has 1 aliphatic rings. The zero-order valence-electron chi connectivity index (χ0n) is 14.0. The van der Waals surface area contributed by atoms with Gasteiger partial charge in [0.25, 0.3) is 0 Å². The van der Waals surface area contributed by atoms with Crippen LogP contribution in [0.25, 0.3) is 0 Å². The maximum Gasteiger partial charge on any atom is 0.152 e. The van der Waals surface area contributed by atoms with E-state index in [9.17, 15) is 28.5 Å². The van der Waals surface area contributed by atoms with Crippen LogP contribution >= 0.6 is 0 Å². The normalized spacial score (nSPS) is 24.5. The first kappa shape index (κ1) is 20.0. The summed E-state index contributed by atoms with van der Waals surface area (Å²) in [7, 11) is 0. The molecule has 2 unspecified atom stereocenters. The van der Waals surface area contributed by atoms with E-state index in [0.717, 1.165) is 19.3 Å². The molecular formula is C17H25F3N2O3. The smallest absolute Gasteiger partial charge is 0.152 e. The lowest BCUT2D eigenvalue weighted by atomic mass is 10.0. The molecule has 1 heterocycles. The van der Waals surface area contributed by atoms with Crippen LogP contribution < -0.4 is 5.32 Å². The van der Waals surface area contributed by atoms with Crippen LogP contribution in [0.1, 0.15) is 25.7 Å². The second-order valence-electron chi connectivity index (χ2n) is 6.47. The van der Waals surface area contributed by atoms with Gasteiger partial charge in [-0.15, -0.1) is 0 Å². The van der Waals surface area contributed by atoms with Crippen LogP contribution in [0.2, 0.25) is 0 Å². The average molecular weight is 362 g/mol. The molecule has 0 amide bonds. The minimum absolute atomic E-state index is 0.309. The van der Waals surface area contributed by atoms with Crippen LogP contribution in [0.15, 0.2) is 12.1 Å². The highest BCUT2D eigenvalue weighted by Gasteiger charge is 2.32. The number of rotatable bonds is 8. The van der Waals surface area contributed by atoms with Gasteiger partial charge in [-0.2, -0.15) is 0 Å². The van der Waals surface area contributed by atoms with Crippen molar-refractivity contribution < 1.29 is 28.5 Å².